The van der Waals surface area contributed by atoms with E-state index >= 15 is 0 Å². The van der Waals surface area contributed by atoms with E-state index in [4.69, 9.17) is 4.74 Å². The van der Waals surface area contributed by atoms with Crippen LogP contribution < -0.4 is 0 Å². The fourth-order valence-corrected chi connectivity index (χ4v) is 2.45. The molecule has 0 aliphatic carbocycles. The number of hydrogen-bond acceptors (Lipinski definition) is 2. The predicted molar refractivity (Wildman–Crippen MR) is 85.0 cm³/mol. The molecule has 0 amide bonds. The van der Waals surface area contributed by atoms with Gasteiger partial charge in [-0.05, 0) is 41.7 Å². The van der Waals surface area contributed by atoms with Crippen molar-refractivity contribution in [2.45, 2.75) is 19.4 Å². The van der Waals surface area contributed by atoms with Crippen molar-refractivity contribution in [3.05, 3.63) is 69.2 Å². The topological polar surface area (TPSA) is 29.5 Å². The highest BCUT2D eigenvalue weighted by molar-refractivity contribution is 9.10. The van der Waals surface area contributed by atoms with Crippen molar-refractivity contribution >= 4 is 15.9 Å². The molecule has 0 radical (unpaired) electrons. The molecule has 2 aromatic carbocycles. The molecule has 2 nitrogen and oxygen atoms in total. The van der Waals surface area contributed by atoms with Gasteiger partial charge in [0, 0.05) is 11.6 Å². The monoisotopic (exact) mass is 334 g/mol. The zero-order valence-corrected chi connectivity index (χ0v) is 13.4. The van der Waals surface area contributed by atoms with Crippen LogP contribution in [0.15, 0.2) is 46.9 Å². The third-order valence-electron chi connectivity index (χ3n) is 3.40. The molecule has 0 saturated heterocycles. The molecule has 2 aromatic rings. The largest absolute Gasteiger partial charge is 0.384 e. The molecule has 3 heteroatoms. The van der Waals surface area contributed by atoms with Crippen molar-refractivity contribution in [2.24, 2.45) is 0 Å². The fourth-order valence-electron chi connectivity index (χ4n) is 2.06. The first-order valence-corrected chi connectivity index (χ1v) is 7.43. The van der Waals surface area contributed by atoms with Crippen molar-refractivity contribution in [2.75, 3.05) is 13.7 Å². The van der Waals surface area contributed by atoms with Crippen LogP contribution in [0.1, 0.15) is 28.4 Å². The Morgan fingerprint density at radius 3 is 2.35 bits per heavy atom. The van der Waals surface area contributed by atoms with Gasteiger partial charge < -0.3 is 9.84 Å². The van der Waals surface area contributed by atoms with Crippen LogP contribution in [0.3, 0.4) is 0 Å². The molecule has 20 heavy (non-hydrogen) atoms. The van der Waals surface area contributed by atoms with E-state index in [2.05, 4.69) is 15.9 Å². The average Bonchev–Trinajstić information content (AvgIpc) is 2.48. The highest BCUT2D eigenvalue weighted by Crippen LogP contribution is 2.26. The van der Waals surface area contributed by atoms with E-state index in [9.17, 15) is 5.11 Å². The molecule has 1 unspecified atom stereocenters. The minimum Gasteiger partial charge on any atom is -0.384 e. The summed E-state index contributed by atoms with van der Waals surface area (Å²) in [7, 11) is 1.70. The Labute approximate surface area is 128 Å². The van der Waals surface area contributed by atoms with Gasteiger partial charge in [-0.1, -0.05) is 52.3 Å². The fraction of sp³-hybridized carbons (Fsp3) is 0.294. The molecule has 0 aliphatic rings. The molecule has 0 saturated carbocycles. The van der Waals surface area contributed by atoms with Gasteiger partial charge in [-0.3, -0.25) is 0 Å². The van der Waals surface area contributed by atoms with E-state index in [1.165, 1.54) is 5.56 Å². The van der Waals surface area contributed by atoms with Gasteiger partial charge in [0.05, 0.1) is 6.61 Å². The van der Waals surface area contributed by atoms with Crippen LogP contribution in [0.4, 0.5) is 0 Å². The Hall–Kier alpha value is -1.16. The van der Waals surface area contributed by atoms with Crippen molar-refractivity contribution in [3.8, 4) is 0 Å². The summed E-state index contributed by atoms with van der Waals surface area (Å²) in [6.45, 7) is 2.75. The highest BCUT2D eigenvalue weighted by atomic mass is 79.9. The third-order valence-corrected chi connectivity index (χ3v) is 4.26. The lowest BCUT2D eigenvalue weighted by Crippen LogP contribution is -2.01. The number of methoxy groups -OCH3 is 1. The van der Waals surface area contributed by atoms with Crippen LogP contribution >= 0.6 is 15.9 Å². The zero-order valence-electron chi connectivity index (χ0n) is 11.8. The van der Waals surface area contributed by atoms with Crippen molar-refractivity contribution in [1.29, 1.82) is 0 Å². The van der Waals surface area contributed by atoms with Gasteiger partial charge in [0.15, 0.2) is 0 Å². The third kappa shape index (κ3) is 3.69. The zero-order chi connectivity index (χ0) is 14.5. The molecule has 0 aliphatic heterocycles. The Kier molecular flexibility index (Phi) is 5.35. The lowest BCUT2D eigenvalue weighted by Gasteiger charge is -2.13. The summed E-state index contributed by atoms with van der Waals surface area (Å²) in [5, 5.41) is 10.4. The maximum atomic E-state index is 10.4. The summed E-state index contributed by atoms with van der Waals surface area (Å²) in [6.07, 6.45) is 0.298. The van der Waals surface area contributed by atoms with Gasteiger partial charge in [0.2, 0.25) is 0 Å². The van der Waals surface area contributed by atoms with Gasteiger partial charge in [0.1, 0.15) is 6.10 Å². The average molecular weight is 335 g/mol. The molecule has 2 rings (SSSR count). The quantitative estimate of drug-likeness (QED) is 0.894. The molecule has 0 fully saturated rings. The number of aryl methyl sites for hydroxylation is 1. The summed E-state index contributed by atoms with van der Waals surface area (Å²) in [6, 6.07) is 14.0. The van der Waals surface area contributed by atoms with E-state index in [0.29, 0.717) is 6.61 Å². The van der Waals surface area contributed by atoms with Crippen LogP contribution in [0, 0.1) is 6.92 Å². The second-order valence-electron chi connectivity index (χ2n) is 4.90. The lowest BCUT2D eigenvalue weighted by molar-refractivity contribution is 0.202. The van der Waals surface area contributed by atoms with Gasteiger partial charge >= 0.3 is 0 Å². The first kappa shape index (κ1) is 15.2. The van der Waals surface area contributed by atoms with Crippen molar-refractivity contribution < 1.29 is 9.84 Å². The number of rotatable bonds is 5. The minimum atomic E-state index is -0.594. The predicted octanol–water partition coefficient (Wildman–Crippen LogP) is 4.03. The molecule has 0 heterocycles. The van der Waals surface area contributed by atoms with Crippen LogP contribution in [-0.4, -0.2) is 18.8 Å². The Bertz CT molecular complexity index is 564. The molecule has 106 valence electrons. The summed E-state index contributed by atoms with van der Waals surface area (Å²) in [5.41, 5.74) is 4.18. The Morgan fingerprint density at radius 2 is 1.75 bits per heavy atom. The summed E-state index contributed by atoms with van der Waals surface area (Å²) < 4.78 is 6.08. The number of aliphatic hydroxyl groups is 1. The SMILES string of the molecule is COCCc1ccc(C(O)c2ccc(C)c(Br)c2)cc1. The smallest absolute Gasteiger partial charge is 0.104 e. The van der Waals surface area contributed by atoms with E-state index in [1.807, 2.05) is 49.4 Å². The molecule has 0 bridgehead atoms. The highest BCUT2D eigenvalue weighted by Gasteiger charge is 2.11. The molecule has 0 spiro atoms. The number of aliphatic hydroxyl groups excluding tert-OH is 1. The van der Waals surface area contributed by atoms with Gasteiger partial charge in [0.25, 0.3) is 0 Å². The molecule has 1 atom stereocenters. The maximum Gasteiger partial charge on any atom is 0.104 e. The lowest BCUT2D eigenvalue weighted by atomic mass is 9.99. The Balaban J connectivity index is 2.15. The van der Waals surface area contributed by atoms with E-state index in [0.717, 1.165) is 27.6 Å². The van der Waals surface area contributed by atoms with Gasteiger partial charge in [-0.15, -0.1) is 0 Å². The normalized spacial score (nSPS) is 12.4. The molecular formula is C17H19BrO2. The van der Waals surface area contributed by atoms with Crippen LogP contribution in [0.5, 0.6) is 0 Å². The van der Waals surface area contributed by atoms with Gasteiger partial charge in [-0.25, -0.2) is 0 Å². The number of hydrogen-bond donors (Lipinski definition) is 1. The van der Waals surface area contributed by atoms with Crippen molar-refractivity contribution in [3.63, 3.8) is 0 Å². The Morgan fingerprint density at radius 1 is 1.10 bits per heavy atom. The van der Waals surface area contributed by atoms with E-state index < -0.39 is 6.10 Å². The molecular weight excluding hydrogens is 316 g/mol. The maximum absolute atomic E-state index is 10.4. The second kappa shape index (κ2) is 7.02. The molecule has 1 N–H and O–H groups in total. The minimum absolute atomic E-state index is 0.594. The number of benzene rings is 2. The summed E-state index contributed by atoms with van der Waals surface area (Å²) >= 11 is 3.50. The molecule has 0 aromatic heterocycles. The van der Waals surface area contributed by atoms with Crippen molar-refractivity contribution in [1.82, 2.24) is 0 Å². The number of ether oxygens (including phenoxy) is 1. The summed E-state index contributed by atoms with van der Waals surface area (Å²) in [4.78, 5) is 0. The second-order valence-corrected chi connectivity index (χ2v) is 5.75. The van der Waals surface area contributed by atoms with Crippen LogP contribution in [0.2, 0.25) is 0 Å². The first-order valence-electron chi connectivity index (χ1n) is 6.63. The van der Waals surface area contributed by atoms with E-state index in [1.54, 1.807) is 7.11 Å². The van der Waals surface area contributed by atoms with Crippen LogP contribution in [-0.2, 0) is 11.2 Å². The first-order chi connectivity index (χ1) is 9.61. The standard InChI is InChI=1S/C17H19BrO2/c1-12-3-6-15(11-16(12)18)17(19)14-7-4-13(5-8-14)9-10-20-2/h3-8,11,17,19H,9-10H2,1-2H3. The summed E-state index contributed by atoms with van der Waals surface area (Å²) in [5.74, 6) is 0. The van der Waals surface area contributed by atoms with E-state index in [-0.39, 0.29) is 0 Å². The van der Waals surface area contributed by atoms with Gasteiger partial charge in [-0.2, -0.15) is 0 Å². The van der Waals surface area contributed by atoms with Crippen LogP contribution in [0.25, 0.3) is 0 Å². The number of halogens is 1.